The summed E-state index contributed by atoms with van der Waals surface area (Å²) in [6.45, 7) is 9.57. The lowest BCUT2D eigenvalue weighted by Gasteiger charge is -2.21. The molecule has 0 aliphatic carbocycles. The van der Waals surface area contributed by atoms with Gasteiger partial charge in [-0.05, 0) is 37.5 Å². The van der Waals surface area contributed by atoms with Crippen molar-refractivity contribution in [3.05, 3.63) is 0 Å². The van der Waals surface area contributed by atoms with E-state index in [0.29, 0.717) is 25.7 Å². The van der Waals surface area contributed by atoms with E-state index in [4.69, 9.17) is 37.0 Å². The number of carbonyl (C=O) groups excluding carboxylic acids is 4. The van der Waals surface area contributed by atoms with E-state index in [1.807, 2.05) is 0 Å². The van der Waals surface area contributed by atoms with Crippen LogP contribution in [0.1, 0.15) is 408 Å². The zero-order valence-corrected chi connectivity index (χ0v) is 65.2. The Morgan fingerprint density at radius 1 is 0.299 bits per heavy atom. The fourth-order valence-electron chi connectivity index (χ4n) is 12.0. The minimum Gasteiger partial charge on any atom is -0.462 e. The Morgan fingerprint density at radius 3 is 0.784 bits per heavy atom. The van der Waals surface area contributed by atoms with Crippen LogP contribution in [-0.4, -0.2) is 96.7 Å². The summed E-state index contributed by atoms with van der Waals surface area (Å²) >= 11 is 0. The van der Waals surface area contributed by atoms with Crippen molar-refractivity contribution < 1.29 is 80.2 Å². The van der Waals surface area contributed by atoms with Crippen LogP contribution in [0.5, 0.6) is 0 Å². The molecule has 0 aromatic heterocycles. The maximum absolute atomic E-state index is 13.1. The van der Waals surface area contributed by atoms with Crippen molar-refractivity contribution >= 4 is 39.5 Å². The van der Waals surface area contributed by atoms with Crippen molar-refractivity contribution in [1.82, 2.24) is 0 Å². The van der Waals surface area contributed by atoms with Crippen LogP contribution in [0.15, 0.2) is 0 Å². The zero-order valence-electron chi connectivity index (χ0n) is 63.4. The highest BCUT2D eigenvalue weighted by molar-refractivity contribution is 7.47. The molecule has 0 aromatic rings. The fraction of sp³-hybridized carbons (Fsp3) is 0.949. The first-order valence-corrected chi connectivity index (χ1v) is 43.5. The summed E-state index contributed by atoms with van der Waals surface area (Å²) < 4.78 is 68.6. The van der Waals surface area contributed by atoms with E-state index in [1.165, 1.54) is 225 Å². The lowest BCUT2D eigenvalue weighted by Crippen LogP contribution is -2.30. The molecule has 17 nitrogen and oxygen atoms in total. The molecule has 97 heavy (non-hydrogen) atoms. The maximum atomic E-state index is 13.1. The van der Waals surface area contributed by atoms with Gasteiger partial charge in [0.25, 0.3) is 0 Å². The van der Waals surface area contributed by atoms with Crippen molar-refractivity contribution in [1.29, 1.82) is 0 Å². The van der Waals surface area contributed by atoms with E-state index in [9.17, 15) is 43.2 Å². The number of aliphatic hydroxyl groups excluding tert-OH is 1. The van der Waals surface area contributed by atoms with Crippen molar-refractivity contribution in [3.63, 3.8) is 0 Å². The minimum atomic E-state index is -4.96. The van der Waals surface area contributed by atoms with Gasteiger partial charge in [0.2, 0.25) is 0 Å². The maximum Gasteiger partial charge on any atom is 0.472 e. The van der Waals surface area contributed by atoms with Gasteiger partial charge < -0.3 is 33.8 Å². The van der Waals surface area contributed by atoms with Crippen LogP contribution < -0.4 is 0 Å². The molecule has 3 N–H and O–H groups in total. The predicted octanol–water partition coefficient (Wildman–Crippen LogP) is 23.1. The first kappa shape index (κ1) is 95.1. The average Bonchev–Trinajstić information content (AvgIpc) is 1.48. The highest BCUT2D eigenvalue weighted by Gasteiger charge is 2.30. The van der Waals surface area contributed by atoms with E-state index < -0.39 is 97.5 Å². The first-order valence-electron chi connectivity index (χ1n) is 40.5. The lowest BCUT2D eigenvalue weighted by atomic mass is 9.99. The van der Waals surface area contributed by atoms with Crippen molar-refractivity contribution in [2.75, 3.05) is 39.6 Å². The van der Waals surface area contributed by atoms with Gasteiger partial charge in [0.15, 0.2) is 12.2 Å². The quantitative estimate of drug-likeness (QED) is 0.0222. The number of phosphoric ester groups is 2. The molecule has 3 unspecified atom stereocenters. The summed E-state index contributed by atoms with van der Waals surface area (Å²) in [4.78, 5) is 72.9. The number of rotatable bonds is 77. The van der Waals surface area contributed by atoms with Gasteiger partial charge in [-0.15, -0.1) is 0 Å². The summed E-state index contributed by atoms with van der Waals surface area (Å²) in [6, 6.07) is 0. The number of hydrogen-bond acceptors (Lipinski definition) is 15. The molecule has 0 aliphatic rings. The van der Waals surface area contributed by atoms with Crippen LogP contribution in [0.4, 0.5) is 0 Å². The highest BCUT2D eigenvalue weighted by atomic mass is 31.2. The third-order valence-electron chi connectivity index (χ3n) is 18.6. The van der Waals surface area contributed by atoms with Gasteiger partial charge in [-0.3, -0.25) is 37.3 Å². The Balaban J connectivity index is 5.21. The minimum absolute atomic E-state index is 0.105. The van der Waals surface area contributed by atoms with Gasteiger partial charge in [0.1, 0.15) is 19.3 Å². The van der Waals surface area contributed by atoms with Gasteiger partial charge in [0.05, 0.1) is 26.4 Å². The monoisotopic (exact) mass is 1420 g/mol. The molecule has 0 saturated heterocycles. The van der Waals surface area contributed by atoms with Crippen molar-refractivity contribution in [2.45, 2.75) is 426 Å². The second-order valence-electron chi connectivity index (χ2n) is 28.8. The number of hydrogen-bond donors (Lipinski definition) is 3. The molecule has 0 heterocycles. The van der Waals surface area contributed by atoms with Crippen LogP contribution >= 0.6 is 15.6 Å². The summed E-state index contributed by atoms with van der Waals surface area (Å²) in [5.41, 5.74) is 0. The number of unbranched alkanes of at least 4 members (excludes halogenated alkanes) is 46. The third-order valence-corrected chi connectivity index (χ3v) is 20.5. The number of carbonyl (C=O) groups is 4. The van der Waals surface area contributed by atoms with Gasteiger partial charge in [-0.25, -0.2) is 9.13 Å². The molecule has 0 saturated carbocycles. The second-order valence-corrected chi connectivity index (χ2v) is 31.7. The summed E-state index contributed by atoms with van der Waals surface area (Å²) in [7, 11) is -9.91. The van der Waals surface area contributed by atoms with Gasteiger partial charge in [0, 0.05) is 25.7 Å². The third kappa shape index (κ3) is 70.9. The van der Waals surface area contributed by atoms with Crippen molar-refractivity contribution in [2.24, 2.45) is 11.8 Å². The van der Waals surface area contributed by atoms with Crippen LogP contribution in [0.2, 0.25) is 0 Å². The van der Waals surface area contributed by atoms with Gasteiger partial charge in [-0.2, -0.15) is 0 Å². The van der Waals surface area contributed by atoms with Crippen LogP contribution in [0.3, 0.4) is 0 Å². The number of esters is 4. The molecular formula is C78H152O17P2. The molecule has 0 bridgehead atoms. The largest absolute Gasteiger partial charge is 0.472 e. The number of ether oxygens (including phenoxy) is 4. The van der Waals surface area contributed by atoms with Crippen molar-refractivity contribution in [3.8, 4) is 0 Å². The highest BCUT2D eigenvalue weighted by Crippen LogP contribution is 2.45. The summed E-state index contributed by atoms with van der Waals surface area (Å²) in [5, 5.41) is 10.6. The topological polar surface area (TPSA) is 237 Å². The Kier molecular flexibility index (Phi) is 68.4. The zero-order chi connectivity index (χ0) is 71.4. The molecule has 0 aliphatic heterocycles. The second kappa shape index (κ2) is 69.8. The molecule has 0 amide bonds. The van der Waals surface area contributed by atoms with E-state index in [2.05, 4.69) is 41.5 Å². The molecule has 19 heteroatoms. The van der Waals surface area contributed by atoms with Gasteiger partial charge in [-0.1, -0.05) is 356 Å². The summed E-state index contributed by atoms with van der Waals surface area (Å²) in [5.74, 6) is -0.620. The van der Waals surface area contributed by atoms with Crippen LogP contribution in [-0.2, 0) is 65.4 Å². The van der Waals surface area contributed by atoms with E-state index in [1.54, 1.807) is 0 Å². The molecule has 0 spiro atoms. The van der Waals surface area contributed by atoms with Crippen LogP contribution in [0.25, 0.3) is 0 Å². The molecule has 0 radical (unpaired) electrons. The molecule has 0 aromatic carbocycles. The SMILES string of the molecule is CCCCCCCCCCCCCCCCCCCCCCCC(=O)O[C@H](COC(=O)CCCCCCCCCCCCCCC)COP(=O)(O)OC[C@@H](O)COP(=O)(O)OC[C@@H](COC(=O)CCCCCCCCCCC(C)C)OC(=O)CCCCCCCCCCC(C)CC. The smallest absolute Gasteiger partial charge is 0.462 e. The van der Waals surface area contributed by atoms with Gasteiger partial charge >= 0.3 is 39.5 Å². The standard InChI is InChI=1S/C78H152O17P2/c1-7-10-12-14-16-18-20-22-23-24-25-26-27-28-29-31-33-35-44-50-56-62-77(82)94-73(66-88-75(80)60-54-48-42-34-32-30-21-19-17-15-13-11-8-2)68-92-96(84,85)90-64-72(79)65-91-97(86,87)93-69-74(67-89-76(81)61-55-49-43-38-36-40-46-52-58-70(4)5)95-78(83)63-57-51-45-39-37-41-47-53-59-71(6)9-3/h70-74,79H,7-69H2,1-6H3,(H,84,85)(H,86,87)/t71?,72-,73-,74-/m1/s1. The normalized spacial score (nSPS) is 14.2. The summed E-state index contributed by atoms with van der Waals surface area (Å²) in [6.07, 6.45) is 58.3. The van der Waals surface area contributed by atoms with Crippen LogP contribution in [0, 0.1) is 11.8 Å². The number of phosphoric acid groups is 2. The molecule has 6 atom stereocenters. The molecule has 576 valence electrons. The molecule has 0 rings (SSSR count). The predicted molar refractivity (Wildman–Crippen MR) is 395 cm³/mol. The lowest BCUT2D eigenvalue weighted by molar-refractivity contribution is -0.161. The fourth-order valence-corrected chi connectivity index (χ4v) is 13.6. The molecular weight excluding hydrogens is 1270 g/mol. The number of aliphatic hydroxyl groups is 1. The Hall–Kier alpha value is -1.94. The van der Waals surface area contributed by atoms with E-state index in [0.717, 1.165) is 102 Å². The Bertz CT molecular complexity index is 1870. The Labute approximate surface area is 594 Å². The molecule has 0 fully saturated rings. The first-order chi connectivity index (χ1) is 46.9. The average molecular weight is 1420 g/mol. The Morgan fingerprint density at radius 2 is 0.526 bits per heavy atom. The van der Waals surface area contributed by atoms with E-state index in [-0.39, 0.29) is 25.7 Å². The van der Waals surface area contributed by atoms with E-state index >= 15 is 0 Å².